The van der Waals surface area contributed by atoms with Crippen LogP contribution in [-0.4, -0.2) is 31.7 Å². The Labute approximate surface area is 173 Å². The number of aryl methyl sites for hydroxylation is 2. The van der Waals surface area contributed by atoms with E-state index in [9.17, 15) is 8.42 Å². The Morgan fingerprint density at radius 1 is 1.07 bits per heavy atom. The molecule has 1 atom stereocenters. The molecule has 2 heterocycles. The van der Waals surface area contributed by atoms with Gasteiger partial charge in [0.05, 0.1) is 11.5 Å². The third kappa shape index (κ3) is 4.62. The van der Waals surface area contributed by atoms with Crippen molar-refractivity contribution in [2.24, 2.45) is 0 Å². The van der Waals surface area contributed by atoms with Crippen LogP contribution in [0.25, 0.3) is 16.5 Å². The van der Waals surface area contributed by atoms with Gasteiger partial charge in [-0.25, -0.2) is 8.42 Å². The molecule has 0 aliphatic carbocycles. The Morgan fingerprint density at radius 2 is 1.83 bits per heavy atom. The molecule has 0 spiro atoms. The summed E-state index contributed by atoms with van der Waals surface area (Å²) in [6, 6.07) is 14.7. The molecule has 0 bridgehead atoms. The zero-order valence-corrected chi connectivity index (χ0v) is 17.9. The van der Waals surface area contributed by atoms with E-state index in [0.29, 0.717) is 6.42 Å². The second kappa shape index (κ2) is 8.17. The molecule has 2 aromatic carbocycles. The summed E-state index contributed by atoms with van der Waals surface area (Å²) in [5.74, 6) is 0.286. The number of hydrogen-bond acceptors (Lipinski definition) is 3. The lowest BCUT2D eigenvalue weighted by molar-refractivity contribution is 0.515. The number of aromatic amines is 1. The Balaban J connectivity index is 1.41. The quantitative estimate of drug-likeness (QED) is 0.630. The first kappa shape index (κ1) is 19.9. The van der Waals surface area contributed by atoms with Crippen molar-refractivity contribution in [3.8, 4) is 0 Å². The van der Waals surface area contributed by atoms with E-state index in [1.807, 2.05) is 24.4 Å². The number of nitrogens with one attached hydrogen (secondary N) is 2. The molecule has 3 aromatic rings. The summed E-state index contributed by atoms with van der Waals surface area (Å²) < 4.78 is 25.7. The normalized spacial score (nSPS) is 17.4. The summed E-state index contributed by atoms with van der Waals surface area (Å²) in [6.45, 7) is 4.92. The Bertz CT molecular complexity index is 1140. The Morgan fingerprint density at radius 3 is 2.62 bits per heavy atom. The summed E-state index contributed by atoms with van der Waals surface area (Å²) in [5.41, 5.74) is 6.79. The van der Waals surface area contributed by atoms with Gasteiger partial charge in [0, 0.05) is 29.7 Å². The average Bonchev–Trinajstić information content (AvgIpc) is 3.08. The van der Waals surface area contributed by atoms with Crippen LogP contribution in [-0.2, 0) is 15.6 Å². The van der Waals surface area contributed by atoms with Gasteiger partial charge < -0.3 is 10.3 Å². The Kier molecular flexibility index (Phi) is 5.61. The highest BCUT2D eigenvalue weighted by molar-refractivity contribution is 7.90. The number of sulfone groups is 1. The SMILES string of the molecule is Cc1cc2[nH]cc(CS(=O)(=O)CCC3CC(c4ccccc4)=CCN3)c2cc1C. The van der Waals surface area contributed by atoms with Gasteiger partial charge in [-0.1, -0.05) is 36.4 Å². The van der Waals surface area contributed by atoms with Crippen molar-refractivity contribution >= 4 is 26.3 Å². The predicted octanol–water partition coefficient (Wildman–Crippen LogP) is 4.54. The minimum Gasteiger partial charge on any atom is -0.361 e. The van der Waals surface area contributed by atoms with Gasteiger partial charge >= 0.3 is 0 Å². The molecular formula is C24H28N2O2S. The van der Waals surface area contributed by atoms with E-state index in [1.54, 1.807) is 0 Å². The minimum absolute atomic E-state index is 0.0869. The van der Waals surface area contributed by atoms with E-state index in [-0.39, 0.29) is 17.5 Å². The zero-order valence-electron chi connectivity index (χ0n) is 17.0. The molecule has 152 valence electrons. The number of H-pyrrole nitrogens is 1. The molecule has 1 unspecified atom stereocenters. The molecule has 1 aliphatic heterocycles. The molecule has 0 saturated heterocycles. The van der Waals surface area contributed by atoms with Crippen molar-refractivity contribution in [3.63, 3.8) is 0 Å². The molecule has 0 radical (unpaired) electrons. The summed E-state index contributed by atoms with van der Waals surface area (Å²) in [7, 11) is -3.18. The van der Waals surface area contributed by atoms with Crippen molar-refractivity contribution in [3.05, 3.63) is 77.0 Å². The molecule has 4 rings (SSSR count). The maximum atomic E-state index is 12.8. The summed E-state index contributed by atoms with van der Waals surface area (Å²) in [5, 5.41) is 4.46. The van der Waals surface area contributed by atoms with E-state index >= 15 is 0 Å². The number of aromatic nitrogens is 1. The maximum Gasteiger partial charge on any atom is 0.154 e. The summed E-state index contributed by atoms with van der Waals surface area (Å²) in [6.07, 6.45) is 5.55. The fourth-order valence-corrected chi connectivity index (χ4v) is 5.56. The second-order valence-corrected chi connectivity index (χ2v) is 10.3. The van der Waals surface area contributed by atoms with Crippen LogP contribution < -0.4 is 5.32 Å². The van der Waals surface area contributed by atoms with Crippen LogP contribution in [0.1, 0.15) is 35.1 Å². The van der Waals surface area contributed by atoms with Crippen LogP contribution in [0, 0.1) is 13.8 Å². The molecular weight excluding hydrogens is 380 g/mol. The van der Waals surface area contributed by atoms with Gasteiger partial charge in [0.25, 0.3) is 0 Å². The number of hydrogen-bond donors (Lipinski definition) is 2. The maximum absolute atomic E-state index is 12.8. The topological polar surface area (TPSA) is 62.0 Å². The fraction of sp³-hybridized carbons (Fsp3) is 0.333. The van der Waals surface area contributed by atoms with Gasteiger partial charge in [0.15, 0.2) is 9.84 Å². The summed E-state index contributed by atoms with van der Waals surface area (Å²) in [4.78, 5) is 3.22. The van der Waals surface area contributed by atoms with Crippen molar-refractivity contribution < 1.29 is 8.42 Å². The fourth-order valence-electron chi connectivity index (χ4n) is 4.06. The molecule has 0 saturated carbocycles. The largest absolute Gasteiger partial charge is 0.361 e. The van der Waals surface area contributed by atoms with Crippen LogP contribution >= 0.6 is 0 Å². The van der Waals surface area contributed by atoms with Gasteiger partial charge in [-0.15, -0.1) is 0 Å². The third-order valence-electron chi connectivity index (χ3n) is 5.90. The number of rotatable bonds is 6. The third-order valence-corrected chi connectivity index (χ3v) is 7.51. The molecule has 0 fully saturated rings. The van der Waals surface area contributed by atoms with Crippen molar-refractivity contribution in [1.82, 2.24) is 10.3 Å². The molecule has 4 nitrogen and oxygen atoms in total. The lowest BCUT2D eigenvalue weighted by atomic mass is 9.94. The highest BCUT2D eigenvalue weighted by Crippen LogP contribution is 2.26. The van der Waals surface area contributed by atoms with Crippen LogP contribution in [0.15, 0.2) is 54.7 Å². The van der Waals surface area contributed by atoms with Crippen molar-refractivity contribution in [2.75, 3.05) is 12.3 Å². The Hall–Kier alpha value is -2.37. The van der Waals surface area contributed by atoms with Gasteiger partial charge in [-0.05, 0) is 66.6 Å². The zero-order chi connectivity index (χ0) is 20.4. The first-order valence-corrected chi connectivity index (χ1v) is 12.0. The summed E-state index contributed by atoms with van der Waals surface area (Å²) >= 11 is 0. The molecule has 29 heavy (non-hydrogen) atoms. The lowest BCUT2D eigenvalue weighted by Crippen LogP contribution is -2.34. The average molecular weight is 409 g/mol. The van der Waals surface area contributed by atoms with Crippen molar-refractivity contribution in [2.45, 2.75) is 38.5 Å². The minimum atomic E-state index is -3.18. The first-order chi connectivity index (χ1) is 13.9. The number of fused-ring (bicyclic) bond motifs is 1. The van der Waals surface area contributed by atoms with Crippen LogP contribution in [0.3, 0.4) is 0 Å². The van der Waals surface area contributed by atoms with E-state index in [0.717, 1.165) is 29.4 Å². The van der Waals surface area contributed by atoms with Gasteiger partial charge in [0.2, 0.25) is 0 Å². The smallest absolute Gasteiger partial charge is 0.154 e. The van der Waals surface area contributed by atoms with Crippen LogP contribution in [0.4, 0.5) is 0 Å². The molecule has 0 amide bonds. The number of benzene rings is 2. The predicted molar refractivity (Wildman–Crippen MR) is 121 cm³/mol. The standard InChI is InChI=1S/C24H28N2O2S/c1-17-12-23-21(15-26-24(23)13-18(17)2)16-29(27,28)11-9-22-14-20(8-10-25-22)19-6-4-3-5-7-19/h3-8,12-13,15,22,25-26H,9-11,14,16H2,1-2H3. The highest BCUT2D eigenvalue weighted by atomic mass is 32.2. The lowest BCUT2D eigenvalue weighted by Gasteiger charge is -2.24. The van der Waals surface area contributed by atoms with E-state index < -0.39 is 9.84 Å². The van der Waals surface area contributed by atoms with Crippen LogP contribution in [0.5, 0.6) is 0 Å². The van der Waals surface area contributed by atoms with Gasteiger partial charge in [-0.2, -0.15) is 0 Å². The second-order valence-electron chi connectivity index (χ2n) is 8.08. The van der Waals surface area contributed by atoms with Gasteiger partial charge in [0.1, 0.15) is 0 Å². The van der Waals surface area contributed by atoms with E-state index in [2.05, 4.69) is 54.5 Å². The monoisotopic (exact) mass is 408 g/mol. The van der Waals surface area contributed by atoms with Crippen molar-refractivity contribution in [1.29, 1.82) is 0 Å². The highest BCUT2D eigenvalue weighted by Gasteiger charge is 2.21. The molecule has 2 N–H and O–H groups in total. The van der Waals surface area contributed by atoms with Crippen LogP contribution in [0.2, 0.25) is 0 Å². The molecule has 1 aliphatic rings. The van der Waals surface area contributed by atoms with E-state index in [1.165, 1.54) is 22.3 Å². The first-order valence-electron chi connectivity index (χ1n) is 10.2. The molecule has 1 aromatic heterocycles. The van der Waals surface area contributed by atoms with Gasteiger partial charge in [-0.3, -0.25) is 0 Å². The van der Waals surface area contributed by atoms with E-state index in [4.69, 9.17) is 0 Å². The molecule has 5 heteroatoms.